The average molecular weight is 301 g/mol. The summed E-state index contributed by atoms with van der Waals surface area (Å²) in [7, 11) is 2.36. The minimum absolute atomic E-state index is 0.0393. The molecule has 1 atom stereocenters. The predicted molar refractivity (Wildman–Crippen MR) is 70.8 cm³/mol. The number of nitrogens with two attached hydrogens (primary N) is 1. The van der Waals surface area contributed by atoms with Crippen LogP contribution in [0.15, 0.2) is 5.38 Å². The number of esters is 2. The third kappa shape index (κ3) is 4.84. The monoisotopic (exact) mass is 301 g/mol. The maximum Gasteiger partial charge on any atom is 0.328 e. The summed E-state index contributed by atoms with van der Waals surface area (Å²) in [6.07, 6.45) is -0.337. The topological polar surface area (TPSA) is 121 Å². The Bertz CT molecular complexity index is 502. The number of methoxy groups -OCH3 is 2. The maximum absolute atomic E-state index is 11.8. The number of ether oxygens (including phenoxy) is 2. The van der Waals surface area contributed by atoms with E-state index in [4.69, 9.17) is 5.73 Å². The molecular formula is C11H15N3O5S. The highest BCUT2D eigenvalue weighted by molar-refractivity contribution is 7.13. The van der Waals surface area contributed by atoms with Crippen molar-refractivity contribution in [2.24, 2.45) is 0 Å². The molecule has 1 amide bonds. The molecule has 0 bridgehead atoms. The lowest BCUT2D eigenvalue weighted by atomic mass is 10.2. The van der Waals surface area contributed by atoms with Gasteiger partial charge in [-0.05, 0) is 0 Å². The quantitative estimate of drug-likeness (QED) is 0.679. The van der Waals surface area contributed by atoms with Crippen molar-refractivity contribution in [3.8, 4) is 0 Å². The first-order valence-corrected chi connectivity index (χ1v) is 6.48. The number of hydrogen-bond acceptors (Lipinski definition) is 8. The number of anilines is 1. The van der Waals surface area contributed by atoms with Gasteiger partial charge in [0, 0.05) is 5.38 Å². The Labute approximate surface area is 119 Å². The summed E-state index contributed by atoms with van der Waals surface area (Å²) in [6, 6.07) is -1.09. The molecule has 9 heteroatoms. The van der Waals surface area contributed by atoms with Crippen LogP contribution in [0.25, 0.3) is 0 Å². The fourth-order valence-corrected chi connectivity index (χ4v) is 1.96. The van der Waals surface area contributed by atoms with Gasteiger partial charge in [0.05, 0.1) is 32.8 Å². The van der Waals surface area contributed by atoms with Crippen molar-refractivity contribution in [2.75, 3.05) is 20.0 Å². The lowest BCUT2D eigenvalue weighted by Gasteiger charge is -2.14. The molecule has 0 saturated heterocycles. The summed E-state index contributed by atoms with van der Waals surface area (Å²) in [5.74, 6) is -1.81. The third-order valence-electron chi connectivity index (χ3n) is 2.33. The maximum atomic E-state index is 11.8. The van der Waals surface area contributed by atoms with Gasteiger partial charge in [0.1, 0.15) is 6.04 Å². The number of rotatable bonds is 6. The summed E-state index contributed by atoms with van der Waals surface area (Å²) in [4.78, 5) is 38.4. The Morgan fingerprint density at radius 3 is 2.60 bits per heavy atom. The number of nitrogens with one attached hydrogen (secondary N) is 1. The summed E-state index contributed by atoms with van der Waals surface area (Å²) in [5, 5.41) is 4.40. The van der Waals surface area contributed by atoms with E-state index in [0.29, 0.717) is 10.8 Å². The van der Waals surface area contributed by atoms with Gasteiger partial charge in [-0.15, -0.1) is 11.3 Å². The van der Waals surface area contributed by atoms with Crippen LogP contribution in [0.3, 0.4) is 0 Å². The van der Waals surface area contributed by atoms with Gasteiger partial charge in [0.25, 0.3) is 0 Å². The van der Waals surface area contributed by atoms with Crippen LogP contribution in [-0.2, 0) is 30.3 Å². The Morgan fingerprint density at radius 2 is 2.10 bits per heavy atom. The van der Waals surface area contributed by atoms with E-state index in [1.165, 1.54) is 25.6 Å². The number of nitrogen functional groups attached to an aromatic ring is 1. The number of nitrogens with zero attached hydrogens (tertiary/aromatic N) is 1. The van der Waals surface area contributed by atoms with Gasteiger partial charge in [0.2, 0.25) is 5.91 Å². The highest BCUT2D eigenvalue weighted by Crippen LogP contribution is 2.11. The molecule has 0 fully saturated rings. The van der Waals surface area contributed by atoms with Gasteiger partial charge in [-0.2, -0.15) is 0 Å². The Hall–Kier alpha value is -2.16. The number of aromatic nitrogens is 1. The van der Waals surface area contributed by atoms with Crippen molar-refractivity contribution in [2.45, 2.75) is 18.9 Å². The fourth-order valence-electron chi connectivity index (χ4n) is 1.40. The zero-order valence-electron chi connectivity index (χ0n) is 11.0. The lowest BCUT2D eigenvalue weighted by molar-refractivity contribution is -0.150. The normalized spacial score (nSPS) is 11.5. The predicted octanol–water partition coefficient (Wildman–Crippen LogP) is -0.511. The number of carbonyl (C=O) groups excluding carboxylic acids is 3. The van der Waals surface area contributed by atoms with Crippen LogP contribution in [0.4, 0.5) is 5.13 Å². The van der Waals surface area contributed by atoms with Crippen molar-refractivity contribution in [3.63, 3.8) is 0 Å². The first kappa shape index (κ1) is 15.9. The molecule has 1 aromatic heterocycles. The summed E-state index contributed by atoms with van der Waals surface area (Å²) < 4.78 is 8.97. The van der Waals surface area contributed by atoms with Crippen molar-refractivity contribution >= 4 is 34.3 Å². The molecule has 0 aromatic carbocycles. The standard InChI is InChI=1S/C11H15N3O5S/c1-18-9(16)4-7(10(17)19-2)14-8(15)3-6-5-20-11(12)13-6/h5,7H,3-4H2,1-2H3,(H2,12,13)(H,14,15)/t7-/m0/s1. The molecule has 1 rings (SSSR count). The molecular weight excluding hydrogens is 286 g/mol. The van der Waals surface area contributed by atoms with Gasteiger partial charge < -0.3 is 20.5 Å². The Balaban J connectivity index is 2.61. The molecule has 0 aliphatic carbocycles. The molecule has 0 aliphatic heterocycles. The van der Waals surface area contributed by atoms with Crippen molar-refractivity contribution < 1.29 is 23.9 Å². The van der Waals surface area contributed by atoms with Gasteiger partial charge >= 0.3 is 11.9 Å². The first-order chi connectivity index (χ1) is 9.46. The summed E-state index contributed by atoms with van der Waals surface area (Å²) in [6.45, 7) is 0. The fraction of sp³-hybridized carbons (Fsp3) is 0.455. The van der Waals surface area contributed by atoms with Crippen molar-refractivity contribution in [1.82, 2.24) is 10.3 Å². The van der Waals surface area contributed by atoms with Crippen molar-refractivity contribution in [1.29, 1.82) is 0 Å². The largest absolute Gasteiger partial charge is 0.469 e. The van der Waals surface area contributed by atoms with Crippen LogP contribution in [-0.4, -0.2) is 43.1 Å². The number of thiazole rings is 1. The molecule has 1 aromatic rings. The molecule has 0 saturated carbocycles. The molecule has 0 radical (unpaired) electrons. The van der Waals surface area contributed by atoms with Crippen LogP contribution < -0.4 is 11.1 Å². The van der Waals surface area contributed by atoms with E-state index in [1.54, 1.807) is 5.38 Å². The van der Waals surface area contributed by atoms with Crippen LogP contribution in [0.1, 0.15) is 12.1 Å². The summed E-state index contributed by atoms with van der Waals surface area (Å²) in [5.41, 5.74) is 5.94. The van der Waals surface area contributed by atoms with Crippen LogP contribution >= 0.6 is 11.3 Å². The average Bonchev–Trinajstić information content (AvgIpc) is 2.81. The van der Waals surface area contributed by atoms with E-state index < -0.39 is 23.9 Å². The minimum Gasteiger partial charge on any atom is -0.469 e. The molecule has 0 unspecified atom stereocenters. The number of amides is 1. The molecule has 20 heavy (non-hydrogen) atoms. The summed E-state index contributed by atoms with van der Waals surface area (Å²) >= 11 is 1.21. The van der Waals surface area contributed by atoms with Gasteiger partial charge in [-0.3, -0.25) is 9.59 Å². The molecule has 1 heterocycles. The molecule has 0 aliphatic rings. The molecule has 0 spiro atoms. The molecule has 110 valence electrons. The van der Waals surface area contributed by atoms with Crippen LogP contribution in [0.2, 0.25) is 0 Å². The number of hydrogen-bond donors (Lipinski definition) is 2. The van der Waals surface area contributed by atoms with Crippen molar-refractivity contribution in [3.05, 3.63) is 11.1 Å². The minimum atomic E-state index is -1.09. The molecule has 3 N–H and O–H groups in total. The van der Waals surface area contributed by atoms with E-state index in [2.05, 4.69) is 19.8 Å². The van der Waals surface area contributed by atoms with E-state index in [-0.39, 0.29) is 12.8 Å². The second-order valence-corrected chi connectivity index (χ2v) is 4.67. The van der Waals surface area contributed by atoms with E-state index >= 15 is 0 Å². The van der Waals surface area contributed by atoms with Gasteiger partial charge in [-0.1, -0.05) is 0 Å². The first-order valence-electron chi connectivity index (χ1n) is 5.60. The van der Waals surface area contributed by atoms with E-state index in [0.717, 1.165) is 0 Å². The third-order valence-corrected chi connectivity index (χ3v) is 3.05. The van der Waals surface area contributed by atoms with E-state index in [1.807, 2.05) is 0 Å². The second kappa shape index (κ2) is 7.43. The Kier molecular flexibility index (Phi) is 5.91. The second-order valence-electron chi connectivity index (χ2n) is 3.78. The highest BCUT2D eigenvalue weighted by Gasteiger charge is 2.25. The lowest BCUT2D eigenvalue weighted by Crippen LogP contribution is -2.43. The zero-order chi connectivity index (χ0) is 15.1. The zero-order valence-corrected chi connectivity index (χ0v) is 11.9. The number of carbonyl (C=O) groups is 3. The SMILES string of the molecule is COC(=O)C[C@H](NC(=O)Cc1csc(N)n1)C(=O)OC. The van der Waals surface area contributed by atoms with Crippen LogP contribution in [0.5, 0.6) is 0 Å². The molecule has 8 nitrogen and oxygen atoms in total. The van der Waals surface area contributed by atoms with Crippen LogP contribution in [0, 0.1) is 0 Å². The Morgan fingerprint density at radius 1 is 1.40 bits per heavy atom. The highest BCUT2D eigenvalue weighted by atomic mass is 32.1. The smallest absolute Gasteiger partial charge is 0.328 e. The van der Waals surface area contributed by atoms with Gasteiger partial charge in [-0.25, -0.2) is 9.78 Å². The van der Waals surface area contributed by atoms with Gasteiger partial charge in [0.15, 0.2) is 5.13 Å². The van der Waals surface area contributed by atoms with E-state index in [9.17, 15) is 14.4 Å².